The van der Waals surface area contributed by atoms with Gasteiger partial charge in [-0.3, -0.25) is 0 Å². The lowest BCUT2D eigenvalue weighted by Gasteiger charge is -1.96. The van der Waals surface area contributed by atoms with Crippen molar-refractivity contribution >= 4 is 34.3 Å². The van der Waals surface area contributed by atoms with Gasteiger partial charge in [0.15, 0.2) is 5.88 Å². The van der Waals surface area contributed by atoms with E-state index >= 15 is 0 Å². The summed E-state index contributed by atoms with van der Waals surface area (Å²) in [4.78, 5) is 14.5. The minimum atomic E-state index is -0.409. The first-order valence-electron chi connectivity index (χ1n) is 8.99. The molecule has 0 fully saturated rings. The Balaban J connectivity index is 1.75. The van der Waals surface area contributed by atoms with Gasteiger partial charge in [0.05, 0.1) is 18.0 Å². The number of H-pyrrole nitrogens is 1. The van der Waals surface area contributed by atoms with Gasteiger partial charge in [-0.25, -0.2) is 4.79 Å². The second kappa shape index (κ2) is 7.15. The number of nitrogens with one attached hydrogen (secondary N) is 1. The summed E-state index contributed by atoms with van der Waals surface area (Å²) >= 11 is 0. The van der Waals surface area contributed by atoms with Crippen molar-refractivity contribution in [2.24, 2.45) is 10.2 Å². The maximum atomic E-state index is 11.5. The van der Waals surface area contributed by atoms with E-state index in [2.05, 4.69) is 15.2 Å². The number of carbonyl (C=O) groups excluding carboxylic acids is 1. The number of hydrogen-bond donors (Lipinski definition) is 2. The molecule has 4 rings (SSSR count). The van der Waals surface area contributed by atoms with Gasteiger partial charge in [-0.15, -0.1) is 10.2 Å². The second-order valence-corrected chi connectivity index (χ2v) is 6.53. The average Bonchev–Trinajstić information content (AvgIpc) is 3.21. The van der Waals surface area contributed by atoms with Crippen molar-refractivity contribution in [1.29, 1.82) is 0 Å². The summed E-state index contributed by atoms with van der Waals surface area (Å²) in [5.41, 5.74) is 4.07. The van der Waals surface area contributed by atoms with Crippen LogP contribution in [-0.4, -0.2) is 22.7 Å². The molecule has 0 unspecified atom stereocenters. The molecule has 0 radical (unpaired) electrons. The Bertz CT molecular complexity index is 1270. The number of carbonyl (C=O) groups is 1. The van der Waals surface area contributed by atoms with Crippen LogP contribution in [0.15, 0.2) is 58.8 Å². The predicted octanol–water partition coefficient (Wildman–Crippen LogP) is 3.34. The van der Waals surface area contributed by atoms with E-state index in [9.17, 15) is 9.90 Å². The summed E-state index contributed by atoms with van der Waals surface area (Å²) in [5.74, 6) is -0.277. The van der Waals surface area contributed by atoms with Crippen molar-refractivity contribution < 1.29 is 14.6 Å². The van der Waals surface area contributed by atoms with Crippen LogP contribution in [0, 0.1) is 6.92 Å². The van der Waals surface area contributed by atoms with Crippen LogP contribution in [0.4, 0.5) is 5.69 Å². The summed E-state index contributed by atoms with van der Waals surface area (Å²) in [6.45, 7) is 4.11. The highest BCUT2D eigenvalue weighted by Gasteiger charge is 2.10. The van der Waals surface area contributed by atoms with Crippen LogP contribution >= 0.6 is 0 Å². The summed E-state index contributed by atoms with van der Waals surface area (Å²) < 4.78 is 4.88. The molecule has 3 aromatic rings. The number of hydrogen-bond acceptors (Lipinski definition) is 5. The van der Waals surface area contributed by atoms with Gasteiger partial charge in [-0.05, 0) is 55.5 Å². The summed E-state index contributed by atoms with van der Waals surface area (Å²) in [7, 11) is 0. The molecule has 1 aliphatic heterocycles. The number of aromatic hydroxyl groups is 1. The zero-order valence-corrected chi connectivity index (χ0v) is 15.6. The third-order valence-electron chi connectivity index (χ3n) is 4.51. The number of benzene rings is 2. The standard InChI is InChI=1S/C22H19N3O3/c1-3-28-21(26)9-8-19-15-6-5-14(12-20(15)25-24-19)11-17-16-10-13(2)4-7-18(16)23-22(17)27/h4-12,23,27H,3H2,1-2H3/b9-8+,14-11?. The molecular weight excluding hydrogens is 354 g/mol. The summed E-state index contributed by atoms with van der Waals surface area (Å²) in [6.07, 6.45) is 4.86. The molecule has 0 saturated heterocycles. The van der Waals surface area contributed by atoms with E-state index in [0.29, 0.717) is 18.0 Å². The van der Waals surface area contributed by atoms with Gasteiger partial charge in [-0.1, -0.05) is 17.7 Å². The van der Waals surface area contributed by atoms with E-state index in [1.165, 1.54) is 6.08 Å². The molecule has 1 aromatic heterocycles. The number of fused-ring (bicyclic) bond motifs is 2. The molecule has 0 saturated carbocycles. The number of esters is 1. The lowest BCUT2D eigenvalue weighted by molar-refractivity contribution is -0.137. The number of aromatic amines is 1. The van der Waals surface area contributed by atoms with Crippen LogP contribution in [-0.2, 0) is 9.53 Å². The van der Waals surface area contributed by atoms with Gasteiger partial charge >= 0.3 is 5.97 Å². The fraction of sp³-hybridized carbons (Fsp3) is 0.136. The minimum absolute atomic E-state index is 0.132. The van der Waals surface area contributed by atoms with Gasteiger partial charge in [0.1, 0.15) is 0 Å². The van der Waals surface area contributed by atoms with Crippen molar-refractivity contribution in [2.45, 2.75) is 13.8 Å². The number of ether oxygens (including phenoxy) is 1. The minimum Gasteiger partial charge on any atom is -0.494 e. The largest absolute Gasteiger partial charge is 0.494 e. The fourth-order valence-corrected chi connectivity index (χ4v) is 3.19. The van der Waals surface area contributed by atoms with Gasteiger partial charge in [0, 0.05) is 27.8 Å². The lowest BCUT2D eigenvalue weighted by Crippen LogP contribution is -2.08. The van der Waals surface area contributed by atoms with E-state index in [1.807, 2.05) is 49.4 Å². The molecule has 0 atom stereocenters. The Kier molecular flexibility index (Phi) is 4.53. The van der Waals surface area contributed by atoms with Crippen molar-refractivity contribution in [2.75, 3.05) is 6.61 Å². The Morgan fingerprint density at radius 1 is 1.21 bits per heavy atom. The molecule has 1 aliphatic rings. The molecule has 2 heterocycles. The smallest absolute Gasteiger partial charge is 0.330 e. The third-order valence-corrected chi connectivity index (χ3v) is 4.51. The number of nitrogens with zero attached hydrogens (tertiary/aromatic N) is 2. The third kappa shape index (κ3) is 3.32. The Morgan fingerprint density at radius 2 is 2.07 bits per heavy atom. The SMILES string of the molecule is CCOC(=O)/C=C/C1=c2ccc(=Cc3c(O)[nH]c4ccc(C)cc34)cc2N=N1. The van der Waals surface area contributed by atoms with Crippen LogP contribution in [0.5, 0.6) is 5.88 Å². The maximum Gasteiger partial charge on any atom is 0.330 e. The molecule has 140 valence electrons. The zero-order chi connectivity index (χ0) is 19.7. The first kappa shape index (κ1) is 17.7. The zero-order valence-electron chi connectivity index (χ0n) is 15.6. The number of azo groups is 1. The van der Waals surface area contributed by atoms with E-state index in [4.69, 9.17) is 4.74 Å². The summed E-state index contributed by atoms with van der Waals surface area (Å²) in [5, 5.41) is 21.3. The molecular formula is C22H19N3O3. The number of aryl methyl sites for hydroxylation is 1. The van der Waals surface area contributed by atoms with Crippen molar-refractivity contribution in [3.63, 3.8) is 0 Å². The lowest BCUT2D eigenvalue weighted by atomic mass is 10.1. The maximum absolute atomic E-state index is 11.5. The average molecular weight is 373 g/mol. The Hall–Kier alpha value is -3.67. The summed E-state index contributed by atoms with van der Waals surface area (Å²) in [6, 6.07) is 11.7. The van der Waals surface area contributed by atoms with Crippen LogP contribution in [0.2, 0.25) is 0 Å². The molecule has 0 spiro atoms. The van der Waals surface area contributed by atoms with Gasteiger partial charge in [0.25, 0.3) is 0 Å². The monoisotopic (exact) mass is 373 g/mol. The van der Waals surface area contributed by atoms with Gasteiger partial charge in [0.2, 0.25) is 0 Å². The first-order chi connectivity index (χ1) is 13.5. The van der Waals surface area contributed by atoms with E-state index in [0.717, 1.165) is 32.5 Å². The molecule has 2 aromatic carbocycles. The van der Waals surface area contributed by atoms with Crippen LogP contribution in [0.3, 0.4) is 0 Å². The number of aromatic nitrogens is 1. The quantitative estimate of drug-likeness (QED) is 0.543. The molecule has 6 nitrogen and oxygen atoms in total. The van der Waals surface area contributed by atoms with E-state index < -0.39 is 5.97 Å². The normalized spacial score (nSPS) is 13.6. The molecule has 0 bridgehead atoms. The molecule has 0 aliphatic carbocycles. The van der Waals surface area contributed by atoms with Gasteiger partial charge in [-0.2, -0.15) is 0 Å². The predicted molar refractivity (Wildman–Crippen MR) is 108 cm³/mol. The number of rotatable bonds is 4. The van der Waals surface area contributed by atoms with Crippen molar-refractivity contribution in [1.82, 2.24) is 4.98 Å². The van der Waals surface area contributed by atoms with Crippen LogP contribution < -0.4 is 10.4 Å². The fourth-order valence-electron chi connectivity index (χ4n) is 3.19. The topological polar surface area (TPSA) is 87.0 Å². The molecule has 6 heteroatoms. The highest BCUT2D eigenvalue weighted by molar-refractivity contribution is 5.92. The highest BCUT2D eigenvalue weighted by Crippen LogP contribution is 2.28. The first-order valence-corrected chi connectivity index (χ1v) is 8.99. The Morgan fingerprint density at radius 3 is 2.89 bits per heavy atom. The van der Waals surface area contributed by atoms with Crippen LogP contribution in [0.1, 0.15) is 18.1 Å². The second-order valence-electron chi connectivity index (χ2n) is 6.53. The molecule has 28 heavy (non-hydrogen) atoms. The highest BCUT2D eigenvalue weighted by atomic mass is 16.5. The molecule has 2 N–H and O–H groups in total. The Labute approximate surface area is 161 Å². The molecule has 0 amide bonds. The van der Waals surface area contributed by atoms with Crippen molar-refractivity contribution in [3.8, 4) is 5.88 Å². The van der Waals surface area contributed by atoms with Crippen molar-refractivity contribution in [3.05, 3.63) is 70.1 Å². The van der Waals surface area contributed by atoms with Crippen LogP contribution in [0.25, 0.3) is 22.7 Å². The van der Waals surface area contributed by atoms with E-state index in [1.54, 1.807) is 13.0 Å². The van der Waals surface area contributed by atoms with E-state index in [-0.39, 0.29) is 5.88 Å². The van der Waals surface area contributed by atoms with Gasteiger partial charge < -0.3 is 14.8 Å².